The first-order valence-electron chi connectivity index (χ1n) is 12.7. The van der Waals surface area contributed by atoms with Crippen molar-refractivity contribution in [3.63, 3.8) is 0 Å². The molecule has 180 valence electrons. The van der Waals surface area contributed by atoms with Crippen molar-refractivity contribution in [1.82, 2.24) is 4.98 Å². The van der Waals surface area contributed by atoms with Crippen LogP contribution in [0.4, 0.5) is 10.8 Å². The van der Waals surface area contributed by atoms with Crippen LogP contribution in [0.1, 0.15) is 69.9 Å². The minimum absolute atomic E-state index is 0.0927. The highest BCUT2D eigenvalue weighted by molar-refractivity contribution is 7.16. The number of esters is 1. The second-order valence-corrected chi connectivity index (χ2v) is 12.7. The number of nitrogens with zero attached hydrogens (tertiary/aromatic N) is 1. The third kappa shape index (κ3) is 3.45. The second kappa shape index (κ2) is 8.09. The molecule has 0 amide bonds. The zero-order valence-corrected chi connectivity index (χ0v) is 21.8. The molecule has 0 saturated heterocycles. The fourth-order valence-electron chi connectivity index (χ4n) is 7.93. The molecule has 4 nitrogen and oxygen atoms in total. The van der Waals surface area contributed by atoms with Gasteiger partial charge in [0.1, 0.15) is 6.10 Å². The van der Waals surface area contributed by atoms with Gasteiger partial charge in [0, 0.05) is 23.0 Å². The predicted molar refractivity (Wildman–Crippen MR) is 138 cm³/mol. The van der Waals surface area contributed by atoms with Gasteiger partial charge < -0.3 is 10.1 Å². The summed E-state index contributed by atoms with van der Waals surface area (Å²) in [7, 11) is 0. The standard InChI is InChI=1S/C28H33ClN2O2S/c1-16(32)33-24-11-10-20-19-8-9-22-25-23(13-15-27(22,2)21(19)12-14-28(20,24)3)31-26(34-25)30-18-6-4-17(29)5-7-18/h4-7,9,19-21,24H,8,10-15H2,1-3H3,(H,30,31)/t19-,20-,21-,24-,27+,28-/m0/s1. The Kier molecular flexibility index (Phi) is 5.38. The van der Waals surface area contributed by atoms with Crippen molar-refractivity contribution in [1.29, 1.82) is 0 Å². The van der Waals surface area contributed by atoms with Crippen molar-refractivity contribution in [2.45, 2.75) is 71.8 Å². The van der Waals surface area contributed by atoms with E-state index in [2.05, 4.69) is 25.2 Å². The molecule has 0 bridgehead atoms. The number of allylic oxidation sites excluding steroid dienone is 2. The molecule has 34 heavy (non-hydrogen) atoms. The van der Waals surface area contributed by atoms with Gasteiger partial charge >= 0.3 is 5.97 Å². The first-order valence-corrected chi connectivity index (χ1v) is 13.9. The van der Waals surface area contributed by atoms with E-state index in [-0.39, 0.29) is 22.9 Å². The molecule has 2 saturated carbocycles. The Balaban J connectivity index is 1.28. The van der Waals surface area contributed by atoms with Crippen molar-refractivity contribution in [3.05, 3.63) is 45.9 Å². The molecule has 0 radical (unpaired) electrons. The fraction of sp³-hybridized carbons (Fsp3) is 0.571. The number of halogens is 1. The van der Waals surface area contributed by atoms with Crippen LogP contribution in [-0.4, -0.2) is 17.1 Å². The number of hydrogen-bond donors (Lipinski definition) is 1. The van der Waals surface area contributed by atoms with Crippen LogP contribution in [0.2, 0.25) is 5.02 Å². The lowest BCUT2D eigenvalue weighted by Crippen LogP contribution is -2.50. The van der Waals surface area contributed by atoms with E-state index >= 15 is 0 Å². The summed E-state index contributed by atoms with van der Waals surface area (Å²) in [6, 6.07) is 7.82. The number of benzene rings is 1. The monoisotopic (exact) mass is 496 g/mol. The molecule has 1 N–H and O–H groups in total. The number of nitrogens with one attached hydrogen (secondary N) is 1. The Hall–Kier alpha value is -1.85. The largest absolute Gasteiger partial charge is 0.462 e. The first kappa shape index (κ1) is 22.6. The summed E-state index contributed by atoms with van der Waals surface area (Å²) in [5.41, 5.74) is 4.15. The number of hydrogen-bond acceptors (Lipinski definition) is 5. The maximum Gasteiger partial charge on any atom is 0.302 e. The zero-order chi connectivity index (χ0) is 23.7. The smallest absolute Gasteiger partial charge is 0.302 e. The van der Waals surface area contributed by atoms with E-state index in [9.17, 15) is 4.79 Å². The maximum absolute atomic E-state index is 11.7. The van der Waals surface area contributed by atoms with E-state index in [4.69, 9.17) is 21.3 Å². The number of carbonyl (C=O) groups excluding carboxylic acids is 1. The average Bonchev–Trinajstić information content (AvgIpc) is 3.35. The van der Waals surface area contributed by atoms with Crippen LogP contribution in [0.5, 0.6) is 0 Å². The number of aromatic nitrogens is 1. The summed E-state index contributed by atoms with van der Waals surface area (Å²) in [5, 5.41) is 5.20. The SMILES string of the molecule is CC(=O)O[C@H]1CC[C@H]2[C@@H]3CC=C4c5sc(Nc6ccc(Cl)cc6)nc5CC[C@]4(C)[C@H]3CC[C@]12C. The van der Waals surface area contributed by atoms with Crippen LogP contribution in [0.3, 0.4) is 0 Å². The van der Waals surface area contributed by atoms with Crippen molar-refractivity contribution in [3.8, 4) is 0 Å². The highest BCUT2D eigenvalue weighted by Crippen LogP contribution is 2.66. The van der Waals surface area contributed by atoms with Crippen LogP contribution in [0.25, 0.3) is 5.57 Å². The van der Waals surface area contributed by atoms with Gasteiger partial charge in [-0.2, -0.15) is 0 Å². The van der Waals surface area contributed by atoms with Crippen LogP contribution in [0, 0.1) is 28.6 Å². The molecule has 0 aliphatic heterocycles. The topological polar surface area (TPSA) is 51.2 Å². The van der Waals surface area contributed by atoms with E-state index in [1.165, 1.54) is 41.8 Å². The van der Waals surface area contributed by atoms with E-state index < -0.39 is 0 Å². The molecule has 1 aromatic heterocycles. The molecule has 2 fully saturated rings. The molecule has 6 atom stereocenters. The highest BCUT2D eigenvalue weighted by Gasteiger charge is 2.59. The molecule has 1 heterocycles. The summed E-state index contributed by atoms with van der Waals surface area (Å²) >= 11 is 7.85. The normalized spacial score (nSPS) is 35.9. The maximum atomic E-state index is 11.7. The third-order valence-electron chi connectivity index (χ3n) is 9.60. The molecule has 0 unspecified atom stereocenters. The van der Waals surface area contributed by atoms with Gasteiger partial charge in [0.2, 0.25) is 0 Å². The van der Waals surface area contributed by atoms with E-state index in [1.807, 2.05) is 24.3 Å². The van der Waals surface area contributed by atoms with Gasteiger partial charge in [0.05, 0.1) is 10.6 Å². The highest BCUT2D eigenvalue weighted by atomic mass is 35.5. The van der Waals surface area contributed by atoms with Crippen molar-refractivity contribution in [2.24, 2.45) is 28.6 Å². The summed E-state index contributed by atoms with van der Waals surface area (Å²) in [6.07, 6.45) is 10.6. The van der Waals surface area contributed by atoms with Crippen LogP contribution in [-0.2, 0) is 16.0 Å². The Morgan fingerprint density at radius 3 is 2.71 bits per heavy atom. The summed E-state index contributed by atoms with van der Waals surface area (Å²) in [6.45, 7) is 6.47. The number of carbonyl (C=O) groups is 1. The quantitative estimate of drug-likeness (QED) is 0.443. The molecule has 0 spiro atoms. The molecule has 6 rings (SSSR count). The van der Waals surface area contributed by atoms with Crippen molar-refractivity contribution in [2.75, 3.05) is 5.32 Å². The number of fused-ring (bicyclic) bond motifs is 7. The summed E-state index contributed by atoms with van der Waals surface area (Å²) < 4.78 is 5.82. The van der Waals surface area contributed by atoms with Crippen LogP contribution >= 0.6 is 22.9 Å². The molecule has 2 aromatic rings. The van der Waals surface area contributed by atoms with Crippen molar-refractivity contribution >= 4 is 45.3 Å². The van der Waals surface area contributed by atoms with Gasteiger partial charge in [-0.25, -0.2) is 4.98 Å². The van der Waals surface area contributed by atoms with Gasteiger partial charge in [-0.05, 0) is 98.0 Å². The van der Waals surface area contributed by atoms with Gasteiger partial charge in [0.15, 0.2) is 5.13 Å². The van der Waals surface area contributed by atoms with E-state index in [0.717, 1.165) is 35.1 Å². The number of ether oxygens (including phenoxy) is 1. The second-order valence-electron chi connectivity index (χ2n) is 11.3. The zero-order valence-electron chi connectivity index (χ0n) is 20.2. The minimum Gasteiger partial charge on any atom is -0.462 e. The first-order chi connectivity index (χ1) is 16.3. The lowest BCUT2D eigenvalue weighted by Gasteiger charge is -2.56. The van der Waals surface area contributed by atoms with Crippen LogP contribution in [0.15, 0.2) is 30.3 Å². The molecule has 1 aromatic carbocycles. The van der Waals surface area contributed by atoms with Gasteiger partial charge in [-0.15, -0.1) is 0 Å². The number of thiazole rings is 1. The molecular weight excluding hydrogens is 464 g/mol. The van der Waals surface area contributed by atoms with E-state index in [0.29, 0.717) is 17.8 Å². The molecule has 4 aliphatic rings. The Morgan fingerprint density at radius 2 is 1.94 bits per heavy atom. The van der Waals surface area contributed by atoms with Crippen LogP contribution < -0.4 is 5.32 Å². The summed E-state index contributed by atoms with van der Waals surface area (Å²) in [5.74, 6) is 1.91. The van der Waals surface area contributed by atoms with E-state index in [1.54, 1.807) is 18.3 Å². The molecular formula is C28H33ClN2O2S. The molecule has 6 heteroatoms. The number of anilines is 2. The van der Waals surface area contributed by atoms with Crippen molar-refractivity contribution < 1.29 is 9.53 Å². The lowest BCUT2D eigenvalue weighted by atomic mass is 9.48. The van der Waals surface area contributed by atoms with Gasteiger partial charge in [-0.1, -0.05) is 42.9 Å². The Labute approximate surface area is 211 Å². The third-order valence-corrected chi connectivity index (χ3v) is 10.9. The summed E-state index contributed by atoms with van der Waals surface area (Å²) in [4.78, 5) is 18.1. The predicted octanol–water partition coefficient (Wildman–Crippen LogP) is 7.65. The number of aryl methyl sites for hydroxylation is 1. The number of rotatable bonds is 3. The Morgan fingerprint density at radius 1 is 1.15 bits per heavy atom. The van der Waals surface area contributed by atoms with Gasteiger partial charge in [0.25, 0.3) is 0 Å². The minimum atomic E-state index is -0.125. The Bertz CT molecular complexity index is 1160. The lowest BCUT2D eigenvalue weighted by molar-refractivity contribution is -0.156. The average molecular weight is 497 g/mol. The van der Waals surface area contributed by atoms with Gasteiger partial charge in [-0.3, -0.25) is 4.79 Å². The fourth-order valence-corrected chi connectivity index (χ4v) is 9.27. The molecule has 4 aliphatic carbocycles.